The van der Waals surface area contributed by atoms with Crippen molar-refractivity contribution in [3.8, 4) is 0 Å². The van der Waals surface area contributed by atoms with Gasteiger partial charge in [0, 0.05) is 18.8 Å². The Hall–Kier alpha value is -3.00. The summed E-state index contributed by atoms with van der Waals surface area (Å²) in [7, 11) is 0. The Morgan fingerprint density at radius 3 is 2.84 bits per heavy atom. The minimum Gasteiger partial charge on any atom is -0.348 e. The van der Waals surface area contributed by atoms with E-state index in [1.807, 2.05) is 6.07 Å². The van der Waals surface area contributed by atoms with E-state index in [2.05, 4.69) is 20.5 Å². The van der Waals surface area contributed by atoms with Crippen LogP contribution < -0.4 is 10.2 Å². The second-order valence-corrected chi connectivity index (χ2v) is 8.71. The lowest BCUT2D eigenvalue weighted by atomic mass is 9.71. The highest BCUT2D eigenvalue weighted by atomic mass is 35.5. The number of aromatic amines is 1. The number of carbonyl (C=O) groups excluding carboxylic acids is 2. The first-order valence-corrected chi connectivity index (χ1v) is 10.7. The summed E-state index contributed by atoms with van der Waals surface area (Å²) < 4.78 is 13.4. The number of halogens is 2. The molecule has 5 rings (SSSR count). The Bertz CT molecular complexity index is 1170. The number of H-pyrrole nitrogens is 1. The van der Waals surface area contributed by atoms with Crippen LogP contribution in [0.2, 0.25) is 5.02 Å². The zero-order chi connectivity index (χ0) is 21.6. The number of fused-ring (bicyclic) bond motifs is 1. The Labute approximate surface area is 183 Å². The second-order valence-electron chi connectivity index (χ2n) is 8.30. The molecule has 1 saturated carbocycles. The zero-order valence-electron chi connectivity index (χ0n) is 16.7. The zero-order valence-corrected chi connectivity index (χ0v) is 17.5. The minimum absolute atomic E-state index is 0.0233. The van der Waals surface area contributed by atoms with E-state index in [0.717, 1.165) is 6.42 Å². The quantitative estimate of drug-likeness (QED) is 0.646. The van der Waals surface area contributed by atoms with Gasteiger partial charge < -0.3 is 10.2 Å². The van der Waals surface area contributed by atoms with Gasteiger partial charge in [-0.25, -0.2) is 4.39 Å². The first-order chi connectivity index (χ1) is 15.0. The topological polar surface area (TPSA) is 91.0 Å². The fourth-order valence-electron chi connectivity index (χ4n) is 4.79. The van der Waals surface area contributed by atoms with Crippen LogP contribution in [-0.2, 0) is 4.79 Å². The molecule has 2 aromatic heterocycles. The van der Waals surface area contributed by atoms with E-state index in [1.54, 1.807) is 23.2 Å². The summed E-state index contributed by atoms with van der Waals surface area (Å²) in [6.45, 7) is 0.562. The van der Waals surface area contributed by atoms with Crippen molar-refractivity contribution < 1.29 is 14.0 Å². The van der Waals surface area contributed by atoms with Crippen LogP contribution in [0.15, 0.2) is 36.5 Å². The van der Waals surface area contributed by atoms with Gasteiger partial charge >= 0.3 is 0 Å². The lowest BCUT2D eigenvalue weighted by molar-refractivity contribution is -0.127. The van der Waals surface area contributed by atoms with E-state index in [4.69, 9.17) is 11.6 Å². The number of benzene rings is 1. The van der Waals surface area contributed by atoms with E-state index in [9.17, 15) is 14.0 Å². The molecule has 1 aromatic carbocycles. The van der Waals surface area contributed by atoms with Crippen molar-refractivity contribution in [3.63, 3.8) is 0 Å². The molecule has 31 heavy (non-hydrogen) atoms. The summed E-state index contributed by atoms with van der Waals surface area (Å²) in [5.74, 6) is -0.650. The number of rotatable bonds is 3. The average molecular weight is 442 g/mol. The van der Waals surface area contributed by atoms with Gasteiger partial charge in [-0.2, -0.15) is 5.10 Å². The fraction of sp³-hybridized carbons (Fsp3) is 0.364. The molecule has 0 radical (unpaired) electrons. The number of hydrogen-bond donors (Lipinski definition) is 2. The highest BCUT2D eigenvalue weighted by Crippen LogP contribution is 2.47. The number of nitrogens with zero attached hydrogens (tertiary/aromatic N) is 3. The molecule has 3 aromatic rings. The van der Waals surface area contributed by atoms with Gasteiger partial charge in [0.05, 0.1) is 21.6 Å². The first-order valence-electron chi connectivity index (χ1n) is 10.3. The van der Waals surface area contributed by atoms with Gasteiger partial charge in [0.15, 0.2) is 5.69 Å². The lowest BCUT2D eigenvalue weighted by Crippen LogP contribution is -2.44. The molecule has 2 fully saturated rings. The molecule has 1 aliphatic carbocycles. The molecular formula is C22H21ClFN5O2. The van der Waals surface area contributed by atoms with Crippen LogP contribution >= 0.6 is 11.6 Å². The summed E-state index contributed by atoms with van der Waals surface area (Å²) in [6.07, 6.45) is 5.14. The number of amides is 2. The van der Waals surface area contributed by atoms with E-state index in [0.29, 0.717) is 48.9 Å². The molecule has 9 heteroatoms. The van der Waals surface area contributed by atoms with Gasteiger partial charge in [0.1, 0.15) is 11.3 Å². The van der Waals surface area contributed by atoms with Crippen LogP contribution in [0.1, 0.15) is 42.6 Å². The van der Waals surface area contributed by atoms with Gasteiger partial charge in [-0.05, 0) is 62.4 Å². The summed E-state index contributed by atoms with van der Waals surface area (Å²) in [4.78, 5) is 31.9. The number of aromatic nitrogens is 3. The number of hydrogen-bond acceptors (Lipinski definition) is 4. The van der Waals surface area contributed by atoms with Crippen molar-refractivity contribution >= 4 is 40.1 Å². The van der Waals surface area contributed by atoms with E-state index < -0.39 is 11.2 Å². The number of anilines is 1. The van der Waals surface area contributed by atoms with Crippen LogP contribution in [0, 0.1) is 11.2 Å². The van der Waals surface area contributed by atoms with Crippen LogP contribution in [0.5, 0.6) is 0 Å². The molecule has 3 heterocycles. The molecule has 0 unspecified atom stereocenters. The monoisotopic (exact) mass is 441 g/mol. The first kappa shape index (κ1) is 19.9. The van der Waals surface area contributed by atoms with Gasteiger partial charge in [0.2, 0.25) is 5.91 Å². The Balaban J connectivity index is 1.25. The van der Waals surface area contributed by atoms with Gasteiger partial charge in [0.25, 0.3) is 5.91 Å². The largest absolute Gasteiger partial charge is 0.348 e. The number of pyridine rings is 1. The SMILES string of the molecule is O=C(N[C@H]1CC[C@@]2(CCN(c3ccc(F)cc3Cl)C2=O)CC1)c1n[nH]c2cccnc12. The maximum Gasteiger partial charge on any atom is 0.274 e. The summed E-state index contributed by atoms with van der Waals surface area (Å²) >= 11 is 6.18. The second kappa shape index (κ2) is 7.60. The standard InChI is InChI=1S/C22H21ClFN5O2/c23-15-12-13(24)3-4-17(15)29-11-9-22(21(29)31)7-5-14(6-8-22)26-20(30)19-18-16(27-28-19)2-1-10-25-18/h1-4,10,12,14H,5-9,11H2,(H,26,30)(H,27,28)/t14-,22-. The highest BCUT2D eigenvalue weighted by molar-refractivity contribution is 6.34. The summed E-state index contributed by atoms with van der Waals surface area (Å²) in [5, 5.41) is 10.2. The van der Waals surface area contributed by atoms with Gasteiger partial charge in [-0.3, -0.25) is 19.7 Å². The molecule has 1 spiro atoms. The Kier molecular flexibility index (Phi) is 4.89. The Morgan fingerprint density at radius 1 is 1.26 bits per heavy atom. The summed E-state index contributed by atoms with van der Waals surface area (Å²) in [6, 6.07) is 7.69. The maximum absolute atomic E-state index is 13.4. The van der Waals surface area contributed by atoms with E-state index >= 15 is 0 Å². The van der Waals surface area contributed by atoms with Gasteiger partial charge in [-0.15, -0.1) is 0 Å². The Morgan fingerprint density at radius 2 is 2.06 bits per heavy atom. The van der Waals surface area contributed by atoms with Crippen LogP contribution in [-0.4, -0.2) is 39.6 Å². The molecule has 7 nitrogen and oxygen atoms in total. The molecular weight excluding hydrogens is 421 g/mol. The lowest BCUT2D eigenvalue weighted by Gasteiger charge is -2.36. The minimum atomic E-state index is -0.445. The normalized spacial score (nSPS) is 23.6. The highest BCUT2D eigenvalue weighted by Gasteiger charge is 2.49. The van der Waals surface area contributed by atoms with Crippen LogP contribution in [0.3, 0.4) is 0 Å². The van der Waals surface area contributed by atoms with Crippen molar-refractivity contribution in [3.05, 3.63) is 53.1 Å². The predicted octanol–water partition coefficient (Wildman–Crippen LogP) is 3.85. The molecule has 2 N–H and O–H groups in total. The number of nitrogens with one attached hydrogen (secondary N) is 2. The fourth-order valence-corrected chi connectivity index (χ4v) is 5.06. The molecule has 1 saturated heterocycles. The molecule has 0 bridgehead atoms. The number of carbonyl (C=O) groups is 2. The molecule has 0 atom stereocenters. The molecule has 160 valence electrons. The predicted molar refractivity (Wildman–Crippen MR) is 114 cm³/mol. The third-order valence-electron chi connectivity index (χ3n) is 6.53. The van der Waals surface area contributed by atoms with Crippen molar-refractivity contribution in [1.29, 1.82) is 0 Å². The molecule has 2 amide bonds. The smallest absolute Gasteiger partial charge is 0.274 e. The third-order valence-corrected chi connectivity index (χ3v) is 6.83. The van der Waals surface area contributed by atoms with Crippen molar-refractivity contribution in [2.24, 2.45) is 5.41 Å². The molecule has 2 aliphatic rings. The van der Waals surface area contributed by atoms with Crippen LogP contribution in [0.4, 0.5) is 10.1 Å². The van der Waals surface area contributed by atoms with Crippen LogP contribution in [0.25, 0.3) is 11.0 Å². The van der Waals surface area contributed by atoms with Gasteiger partial charge in [-0.1, -0.05) is 11.6 Å². The third kappa shape index (κ3) is 3.44. The maximum atomic E-state index is 13.4. The van der Waals surface area contributed by atoms with Crippen molar-refractivity contribution in [2.45, 2.75) is 38.1 Å². The summed E-state index contributed by atoms with van der Waals surface area (Å²) in [5.41, 5.74) is 1.65. The van der Waals surface area contributed by atoms with Crippen molar-refractivity contribution in [2.75, 3.05) is 11.4 Å². The molecule has 1 aliphatic heterocycles. The van der Waals surface area contributed by atoms with Crippen molar-refractivity contribution in [1.82, 2.24) is 20.5 Å². The van der Waals surface area contributed by atoms with E-state index in [-0.39, 0.29) is 28.6 Å². The average Bonchev–Trinajstić information content (AvgIpc) is 3.33. The van der Waals surface area contributed by atoms with E-state index in [1.165, 1.54) is 12.1 Å².